The third kappa shape index (κ3) is 9.51. The average Bonchev–Trinajstić information content (AvgIpc) is 3.84. The lowest BCUT2D eigenvalue weighted by molar-refractivity contribution is -0.124. The standard InChI is InChI=1S/C37H47N5O5/c43-35(39-29-15-7-9-17-33(29)46-24-27-11-3-1-4-12-27)23-42-32(21-31(41-42)36(44)38-22-26-19-20-26)37(45)40-30-16-8-10-18-34(30)47-25-28-13-5-2-6-14-28/h1-6,11-14,21,26,29-30,33-34H,7-10,15-20,22-25H2,(H,38,44)(H,39,43)(H,40,45)/t29-,30-,33-,34-/m0/s1. The van der Waals surface area contributed by atoms with Crippen LogP contribution in [0, 0.1) is 5.92 Å². The Morgan fingerprint density at radius 1 is 0.702 bits per heavy atom. The van der Waals surface area contributed by atoms with E-state index >= 15 is 0 Å². The number of nitrogens with one attached hydrogen (secondary N) is 3. The summed E-state index contributed by atoms with van der Waals surface area (Å²) in [5.74, 6) is -0.475. The SMILES string of the molecule is O=C(Cn1nc(C(=O)NCC2CC2)cc1C(=O)N[C@H]1CCCC[C@@H]1OCc1ccccc1)N[C@H]1CCCC[C@@H]1OCc1ccccc1. The molecule has 0 aliphatic heterocycles. The van der Waals surface area contributed by atoms with Crippen LogP contribution in [-0.2, 0) is 34.0 Å². The first-order valence-corrected chi connectivity index (χ1v) is 17.3. The average molecular weight is 642 g/mol. The van der Waals surface area contributed by atoms with Gasteiger partial charge in [-0.05, 0) is 55.6 Å². The lowest BCUT2D eigenvalue weighted by atomic mass is 9.92. The van der Waals surface area contributed by atoms with Crippen LogP contribution in [-0.4, -0.2) is 58.3 Å². The van der Waals surface area contributed by atoms with E-state index in [1.807, 2.05) is 60.7 Å². The van der Waals surface area contributed by atoms with E-state index < -0.39 is 0 Å². The number of amides is 3. The lowest BCUT2D eigenvalue weighted by Crippen LogP contribution is -2.48. The summed E-state index contributed by atoms with van der Waals surface area (Å²) in [7, 11) is 0. The Morgan fingerprint density at radius 2 is 1.26 bits per heavy atom. The molecule has 3 saturated carbocycles. The smallest absolute Gasteiger partial charge is 0.271 e. The second-order valence-electron chi connectivity index (χ2n) is 13.2. The van der Waals surface area contributed by atoms with E-state index in [9.17, 15) is 14.4 Å². The van der Waals surface area contributed by atoms with Crippen molar-refractivity contribution in [2.45, 2.75) is 108 Å². The minimum atomic E-state index is -0.367. The molecule has 4 atom stereocenters. The largest absolute Gasteiger partial charge is 0.371 e. The predicted molar refractivity (Wildman–Crippen MR) is 177 cm³/mol. The van der Waals surface area contributed by atoms with Gasteiger partial charge in [-0.3, -0.25) is 14.4 Å². The molecule has 2 aromatic carbocycles. The van der Waals surface area contributed by atoms with Gasteiger partial charge < -0.3 is 25.4 Å². The number of carbonyl (C=O) groups is 3. The molecular formula is C37H47N5O5. The Bertz CT molecular complexity index is 1470. The van der Waals surface area contributed by atoms with Crippen LogP contribution < -0.4 is 16.0 Å². The summed E-state index contributed by atoms with van der Waals surface area (Å²) < 4.78 is 13.9. The first-order valence-electron chi connectivity index (χ1n) is 17.3. The molecule has 3 aliphatic rings. The number of hydrogen-bond acceptors (Lipinski definition) is 6. The summed E-state index contributed by atoms with van der Waals surface area (Å²) in [6, 6.07) is 21.2. The molecule has 6 rings (SSSR count). The van der Waals surface area contributed by atoms with Crippen LogP contribution in [0.1, 0.15) is 96.3 Å². The maximum atomic E-state index is 13.8. The number of benzene rings is 2. The molecule has 1 heterocycles. The van der Waals surface area contributed by atoms with E-state index in [1.54, 1.807) is 0 Å². The second kappa shape index (κ2) is 16.2. The molecule has 10 heteroatoms. The van der Waals surface area contributed by atoms with E-state index in [0.717, 1.165) is 75.3 Å². The summed E-state index contributed by atoms with van der Waals surface area (Å²) in [6.45, 7) is 1.36. The van der Waals surface area contributed by atoms with Gasteiger partial charge in [-0.25, -0.2) is 4.68 Å². The Kier molecular flexibility index (Phi) is 11.3. The van der Waals surface area contributed by atoms with Crippen molar-refractivity contribution in [3.8, 4) is 0 Å². The summed E-state index contributed by atoms with van der Waals surface area (Å²) in [5, 5.41) is 13.7. The third-order valence-corrected chi connectivity index (χ3v) is 9.47. The number of rotatable bonds is 14. The van der Waals surface area contributed by atoms with E-state index in [4.69, 9.17) is 9.47 Å². The summed E-state index contributed by atoms with van der Waals surface area (Å²) in [4.78, 5) is 40.3. The Hall–Kier alpha value is -4.02. The van der Waals surface area contributed by atoms with Crippen molar-refractivity contribution < 1.29 is 23.9 Å². The monoisotopic (exact) mass is 641 g/mol. The Balaban J connectivity index is 1.12. The number of hydrogen-bond donors (Lipinski definition) is 3. The zero-order valence-corrected chi connectivity index (χ0v) is 27.1. The van der Waals surface area contributed by atoms with E-state index in [-0.39, 0.29) is 59.9 Å². The van der Waals surface area contributed by atoms with Gasteiger partial charge in [0.25, 0.3) is 11.8 Å². The van der Waals surface area contributed by atoms with Crippen molar-refractivity contribution in [3.63, 3.8) is 0 Å². The molecule has 3 amide bonds. The molecule has 3 N–H and O–H groups in total. The maximum absolute atomic E-state index is 13.8. The Morgan fingerprint density at radius 3 is 1.83 bits per heavy atom. The fraction of sp³-hybridized carbons (Fsp3) is 0.514. The molecule has 3 aliphatic carbocycles. The first-order chi connectivity index (χ1) is 23.0. The molecule has 10 nitrogen and oxygen atoms in total. The maximum Gasteiger partial charge on any atom is 0.271 e. The second-order valence-corrected chi connectivity index (χ2v) is 13.2. The van der Waals surface area contributed by atoms with Gasteiger partial charge in [0, 0.05) is 12.6 Å². The van der Waals surface area contributed by atoms with Gasteiger partial charge in [-0.15, -0.1) is 0 Å². The first kappa shape index (κ1) is 32.9. The normalized spacial score (nSPS) is 22.7. The molecule has 3 fully saturated rings. The van der Waals surface area contributed by atoms with Gasteiger partial charge >= 0.3 is 0 Å². The van der Waals surface area contributed by atoms with E-state index in [0.29, 0.717) is 25.7 Å². The zero-order chi connectivity index (χ0) is 32.4. The van der Waals surface area contributed by atoms with Crippen LogP contribution in [0.2, 0.25) is 0 Å². The summed E-state index contributed by atoms with van der Waals surface area (Å²) in [6.07, 6.45) is 9.38. The lowest BCUT2D eigenvalue weighted by Gasteiger charge is -2.32. The molecule has 0 radical (unpaired) electrons. The molecular weight excluding hydrogens is 594 g/mol. The van der Waals surface area contributed by atoms with Crippen LogP contribution in [0.5, 0.6) is 0 Å². The minimum absolute atomic E-state index is 0.101. The quantitative estimate of drug-likeness (QED) is 0.230. The van der Waals surface area contributed by atoms with Crippen molar-refractivity contribution in [3.05, 3.63) is 89.2 Å². The van der Waals surface area contributed by atoms with Gasteiger partial charge in [0.1, 0.15) is 12.2 Å². The molecule has 1 aromatic heterocycles. The highest BCUT2D eigenvalue weighted by atomic mass is 16.5. The number of ether oxygens (including phenoxy) is 2. The molecule has 0 bridgehead atoms. The highest BCUT2D eigenvalue weighted by Gasteiger charge is 2.31. The van der Waals surface area contributed by atoms with Crippen molar-refractivity contribution in [2.24, 2.45) is 5.92 Å². The van der Waals surface area contributed by atoms with Gasteiger partial charge in [0.05, 0.1) is 37.5 Å². The van der Waals surface area contributed by atoms with E-state index in [2.05, 4.69) is 21.0 Å². The third-order valence-electron chi connectivity index (χ3n) is 9.47. The fourth-order valence-electron chi connectivity index (χ4n) is 6.59. The highest BCUT2D eigenvalue weighted by molar-refractivity contribution is 5.98. The molecule has 250 valence electrons. The van der Waals surface area contributed by atoms with Gasteiger partial charge in [0.15, 0.2) is 5.69 Å². The van der Waals surface area contributed by atoms with Crippen LogP contribution in [0.3, 0.4) is 0 Å². The van der Waals surface area contributed by atoms with Gasteiger partial charge in [0.2, 0.25) is 5.91 Å². The topological polar surface area (TPSA) is 124 Å². The zero-order valence-electron chi connectivity index (χ0n) is 27.1. The van der Waals surface area contributed by atoms with E-state index in [1.165, 1.54) is 10.7 Å². The number of carbonyl (C=O) groups excluding carboxylic acids is 3. The van der Waals surface area contributed by atoms with Crippen molar-refractivity contribution in [1.29, 1.82) is 0 Å². The molecule has 3 aromatic rings. The van der Waals surface area contributed by atoms with Crippen LogP contribution >= 0.6 is 0 Å². The van der Waals surface area contributed by atoms with Crippen LogP contribution in [0.4, 0.5) is 0 Å². The van der Waals surface area contributed by atoms with Crippen molar-refractivity contribution in [2.75, 3.05) is 6.54 Å². The predicted octanol–water partition coefficient (Wildman–Crippen LogP) is 4.92. The van der Waals surface area contributed by atoms with Gasteiger partial charge in [-0.1, -0.05) is 86.3 Å². The minimum Gasteiger partial charge on any atom is -0.371 e. The number of aromatic nitrogens is 2. The van der Waals surface area contributed by atoms with Crippen molar-refractivity contribution >= 4 is 17.7 Å². The highest BCUT2D eigenvalue weighted by Crippen LogP contribution is 2.28. The van der Waals surface area contributed by atoms with Crippen LogP contribution in [0.25, 0.3) is 0 Å². The summed E-state index contributed by atoms with van der Waals surface area (Å²) >= 11 is 0. The molecule has 0 spiro atoms. The van der Waals surface area contributed by atoms with Crippen LogP contribution in [0.15, 0.2) is 66.7 Å². The van der Waals surface area contributed by atoms with Crippen molar-refractivity contribution in [1.82, 2.24) is 25.7 Å². The fourth-order valence-corrected chi connectivity index (χ4v) is 6.59. The Labute approximate surface area is 277 Å². The molecule has 0 saturated heterocycles. The summed E-state index contributed by atoms with van der Waals surface area (Å²) in [5.41, 5.74) is 2.49. The molecule has 47 heavy (non-hydrogen) atoms. The van der Waals surface area contributed by atoms with Gasteiger partial charge in [-0.2, -0.15) is 5.10 Å². The molecule has 0 unspecified atom stereocenters. The number of nitrogens with zero attached hydrogens (tertiary/aromatic N) is 2.